The second-order valence-corrected chi connectivity index (χ2v) is 8.47. The number of aliphatic carboxylic acids is 1. The van der Waals surface area contributed by atoms with Crippen LogP contribution in [0.25, 0.3) is 0 Å². The molecule has 0 radical (unpaired) electrons. The van der Waals surface area contributed by atoms with Crippen molar-refractivity contribution in [3.05, 3.63) is 0 Å². The molecule has 1 unspecified atom stereocenters. The molecular formula is C20H31F3N4O3. The summed E-state index contributed by atoms with van der Waals surface area (Å²) in [5.74, 6) is 0.681. The Kier molecular flexibility index (Phi) is 9.28. The fourth-order valence-electron chi connectivity index (χ4n) is 3.24. The molecule has 2 N–H and O–H groups in total. The van der Waals surface area contributed by atoms with Crippen molar-refractivity contribution in [3.63, 3.8) is 0 Å². The molecule has 2 aliphatic rings. The normalized spacial score (nSPS) is 20.5. The van der Waals surface area contributed by atoms with Crippen LogP contribution in [0.3, 0.4) is 0 Å². The van der Waals surface area contributed by atoms with Crippen LogP contribution in [0, 0.1) is 18.3 Å². The lowest BCUT2D eigenvalue weighted by atomic mass is 9.93. The van der Waals surface area contributed by atoms with Gasteiger partial charge in [0, 0.05) is 44.3 Å². The number of alkyl halides is 3. The number of amides is 1. The molecule has 10 heteroatoms. The molecule has 2 rings (SSSR count). The van der Waals surface area contributed by atoms with Crippen molar-refractivity contribution in [2.45, 2.75) is 76.7 Å². The predicted molar refractivity (Wildman–Crippen MR) is 106 cm³/mol. The zero-order valence-electron chi connectivity index (χ0n) is 17.8. The molecule has 30 heavy (non-hydrogen) atoms. The molecule has 0 aliphatic carbocycles. The van der Waals surface area contributed by atoms with Gasteiger partial charge in [-0.15, -0.1) is 12.3 Å². The van der Waals surface area contributed by atoms with Crippen molar-refractivity contribution in [1.29, 1.82) is 0 Å². The van der Waals surface area contributed by atoms with Crippen molar-refractivity contribution in [1.82, 2.24) is 10.2 Å². The topological polar surface area (TPSA) is 94.4 Å². The maximum absolute atomic E-state index is 12.1. The molecule has 0 saturated carbocycles. The lowest BCUT2D eigenvalue weighted by Gasteiger charge is -2.43. The van der Waals surface area contributed by atoms with E-state index in [2.05, 4.69) is 47.1 Å². The van der Waals surface area contributed by atoms with Crippen molar-refractivity contribution >= 4 is 11.9 Å². The summed E-state index contributed by atoms with van der Waals surface area (Å²) in [6.45, 7) is 9.66. The summed E-state index contributed by atoms with van der Waals surface area (Å²) < 4.78 is 31.7. The van der Waals surface area contributed by atoms with Gasteiger partial charge in [0.2, 0.25) is 5.91 Å². The Balaban J connectivity index is 0.000000553. The lowest BCUT2D eigenvalue weighted by Crippen LogP contribution is -2.54. The number of piperidine rings is 1. The van der Waals surface area contributed by atoms with Crippen LogP contribution in [0.5, 0.6) is 0 Å². The third kappa shape index (κ3) is 9.11. The molecule has 2 aliphatic heterocycles. The minimum absolute atomic E-state index is 0.000171. The fourth-order valence-corrected chi connectivity index (χ4v) is 3.24. The van der Waals surface area contributed by atoms with E-state index in [9.17, 15) is 18.0 Å². The molecule has 7 nitrogen and oxygen atoms in total. The number of nitrogens with one attached hydrogen (secondary N) is 1. The van der Waals surface area contributed by atoms with E-state index in [1.54, 1.807) is 0 Å². The number of hydrogen-bond donors (Lipinski definition) is 2. The van der Waals surface area contributed by atoms with Gasteiger partial charge in [-0.25, -0.2) is 4.79 Å². The summed E-state index contributed by atoms with van der Waals surface area (Å²) in [5.41, 5.74) is -0.360. The number of likely N-dealkylation sites (tertiary alicyclic amines) is 1. The molecule has 2 heterocycles. The highest BCUT2D eigenvalue weighted by molar-refractivity contribution is 5.76. The van der Waals surface area contributed by atoms with E-state index >= 15 is 0 Å². The van der Waals surface area contributed by atoms with Crippen LogP contribution in [0.4, 0.5) is 13.2 Å². The van der Waals surface area contributed by atoms with Gasteiger partial charge in [-0.05, 0) is 39.2 Å². The molecule has 170 valence electrons. The number of halogens is 3. The van der Waals surface area contributed by atoms with Gasteiger partial charge in [-0.3, -0.25) is 9.69 Å². The number of carbonyl (C=O) groups excluding carboxylic acids is 1. The predicted octanol–water partition coefficient (Wildman–Crippen LogP) is 3.60. The zero-order chi connectivity index (χ0) is 23.0. The van der Waals surface area contributed by atoms with Gasteiger partial charge in [0.15, 0.2) is 5.66 Å². The van der Waals surface area contributed by atoms with E-state index in [0.717, 1.165) is 25.4 Å². The highest BCUT2D eigenvalue weighted by Crippen LogP contribution is 2.37. The first-order valence-corrected chi connectivity index (χ1v) is 10.0. The number of rotatable bonds is 8. The molecule has 0 bridgehead atoms. The van der Waals surface area contributed by atoms with E-state index in [1.807, 2.05) is 0 Å². The van der Waals surface area contributed by atoms with Crippen LogP contribution >= 0.6 is 0 Å². The van der Waals surface area contributed by atoms with Crippen molar-refractivity contribution < 1.29 is 27.9 Å². The second kappa shape index (κ2) is 10.8. The van der Waals surface area contributed by atoms with Gasteiger partial charge in [-0.1, -0.05) is 6.92 Å². The number of carboxylic acids is 1. The Morgan fingerprint density at radius 3 is 2.37 bits per heavy atom. The van der Waals surface area contributed by atoms with Crippen molar-refractivity contribution in [3.8, 4) is 12.3 Å². The monoisotopic (exact) mass is 432 g/mol. The van der Waals surface area contributed by atoms with Gasteiger partial charge < -0.3 is 10.4 Å². The first-order valence-electron chi connectivity index (χ1n) is 10.0. The number of nitrogens with zero attached hydrogens (tertiary/aromatic N) is 3. The number of terminal acetylenes is 1. The zero-order valence-corrected chi connectivity index (χ0v) is 17.8. The van der Waals surface area contributed by atoms with E-state index in [0.29, 0.717) is 25.8 Å². The van der Waals surface area contributed by atoms with E-state index in [-0.39, 0.29) is 17.1 Å². The average molecular weight is 432 g/mol. The summed E-state index contributed by atoms with van der Waals surface area (Å²) in [5, 5.41) is 18.4. The SMILES string of the molecule is C#CCCC1(CCC(=O)NCC(C)(C)N2CCCC(C)C2)N=N1.O=C(O)C(F)(F)F. The molecule has 0 spiro atoms. The van der Waals surface area contributed by atoms with E-state index < -0.39 is 12.1 Å². The molecule has 0 aromatic heterocycles. The Labute approximate surface area is 175 Å². The summed E-state index contributed by atoms with van der Waals surface area (Å²) in [7, 11) is 0. The Morgan fingerprint density at radius 1 is 1.30 bits per heavy atom. The summed E-state index contributed by atoms with van der Waals surface area (Å²) >= 11 is 0. The van der Waals surface area contributed by atoms with Crippen LogP contribution in [0.15, 0.2) is 10.2 Å². The van der Waals surface area contributed by atoms with Crippen molar-refractivity contribution in [2.24, 2.45) is 16.1 Å². The molecule has 1 atom stereocenters. The van der Waals surface area contributed by atoms with Gasteiger partial charge in [0.05, 0.1) is 0 Å². The first kappa shape index (κ1) is 25.9. The molecular weight excluding hydrogens is 401 g/mol. The van der Waals surface area contributed by atoms with Gasteiger partial charge in [0.1, 0.15) is 0 Å². The number of hydrogen-bond acceptors (Lipinski definition) is 5. The van der Waals surface area contributed by atoms with Crippen LogP contribution in [-0.4, -0.2) is 58.9 Å². The summed E-state index contributed by atoms with van der Waals surface area (Å²) in [4.78, 5) is 23.5. The Hall–Kier alpha value is -2.15. The van der Waals surface area contributed by atoms with Crippen LogP contribution < -0.4 is 5.32 Å². The Bertz CT molecular complexity index is 665. The van der Waals surface area contributed by atoms with E-state index in [4.69, 9.17) is 16.3 Å². The van der Waals surface area contributed by atoms with Gasteiger partial charge in [-0.2, -0.15) is 23.4 Å². The quantitative estimate of drug-likeness (QED) is 0.573. The summed E-state index contributed by atoms with van der Waals surface area (Å²) in [6.07, 6.45) is 5.31. The minimum atomic E-state index is -5.08. The third-order valence-electron chi connectivity index (χ3n) is 5.28. The van der Waals surface area contributed by atoms with Crippen LogP contribution in [0.2, 0.25) is 0 Å². The molecule has 1 amide bonds. The lowest BCUT2D eigenvalue weighted by molar-refractivity contribution is -0.192. The molecule has 0 aromatic carbocycles. The minimum Gasteiger partial charge on any atom is -0.475 e. The van der Waals surface area contributed by atoms with Gasteiger partial charge in [0.25, 0.3) is 0 Å². The maximum atomic E-state index is 12.1. The van der Waals surface area contributed by atoms with Crippen molar-refractivity contribution in [2.75, 3.05) is 19.6 Å². The van der Waals surface area contributed by atoms with Crippen LogP contribution in [0.1, 0.15) is 59.3 Å². The smallest absolute Gasteiger partial charge is 0.475 e. The molecule has 1 saturated heterocycles. The molecule has 1 fully saturated rings. The Morgan fingerprint density at radius 2 is 1.90 bits per heavy atom. The van der Waals surface area contributed by atoms with Crippen LogP contribution in [-0.2, 0) is 9.59 Å². The highest BCUT2D eigenvalue weighted by Gasteiger charge is 2.39. The average Bonchev–Trinajstić information content (AvgIpc) is 3.43. The molecule has 0 aromatic rings. The standard InChI is InChI=1S/C18H30N4O.C2HF3O2/c1-5-6-10-18(20-21-18)11-9-16(23)19-14-17(3,4)22-12-7-8-15(2)13-22;3-2(4,5)1(6)7/h1,15H,6-14H2,2-4H3,(H,19,23);(H,6,7). The fraction of sp³-hybridized carbons (Fsp3) is 0.800. The van der Waals surface area contributed by atoms with E-state index in [1.165, 1.54) is 12.8 Å². The first-order chi connectivity index (χ1) is 13.8. The van der Waals surface area contributed by atoms with Gasteiger partial charge >= 0.3 is 12.1 Å². The number of carbonyl (C=O) groups is 2. The summed E-state index contributed by atoms with van der Waals surface area (Å²) in [6, 6.07) is 0. The third-order valence-corrected chi connectivity index (χ3v) is 5.28. The second-order valence-electron chi connectivity index (χ2n) is 8.47. The largest absolute Gasteiger partial charge is 0.490 e. The highest BCUT2D eigenvalue weighted by atomic mass is 19.4. The number of carboxylic acid groups (broad SMARTS) is 1. The maximum Gasteiger partial charge on any atom is 0.490 e.